The Labute approximate surface area is 167 Å². The average Bonchev–Trinajstić information content (AvgIpc) is 2.66. The van der Waals surface area contributed by atoms with Crippen molar-refractivity contribution in [2.45, 2.75) is 91.6 Å². The second kappa shape index (κ2) is 18.5. The SMILES string of the molecule is CCCOC(C)COC(C)CC=COC=CCC(C)OCC(C)OCCC. The van der Waals surface area contributed by atoms with Crippen LogP contribution in [0.3, 0.4) is 0 Å². The van der Waals surface area contributed by atoms with Gasteiger partial charge >= 0.3 is 0 Å². The highest BCUT2D eigenvalue weighted by molar-refractivity contribution is 4.82. The topological polar surface area (TPSA) is 46.2 Å². The van der Waals surface area contributed by atoms with Gasteiger partial charge in [0, 0.05) is 13.2 Å². The summed E-state index contributed by atoms with van der Waals surface area (Å²) in [5.41, 5.74) is 0. The van der Waals surface area contributed by atoms with Crippen molar-refractivity contribution in [2.75, 3.05) is 26.4 Å². The average molecular weight is 387 g/mol. The van der Waals surface area contributed by atoms with E-state index in [1.165, 1.54) is 0 Å². The molecule has 4 atom stereocenters. The van der Waals surface area contributed by atoms with Crippen LogP contribution < -0.4 is 0 Å². The van der Waals surface area contributed by atoms with Crippen molar-refractivity contribution < 1.29 is 23.7 Å². The van der Waals surface area contributed by atoms with Gasteiger partial charge in [-0.25, -0.2) is 0 Å². The van der Waals surface area contributed by atoms with Crippen LogP contribution in [-0.2, 0) is 23.7 Å². The molecular weight excluding hydrogens is 344 g/mol. The van der Waals surface area contributed by atoms with Crippen LogP contribution in [0.2, 0.25) is 0 Å². The lowest BCUT2D eigenvalue weighted by Crippen LogP contribution is -2.20. The third kappa shape index (κ3) is 18.3. The summed E-state index contributed by atoms with van der Waals surface area (Å²) in [6.07, 6.45) is 11.6. The quantitative estimate of drug-likeness (QED) is 0.301. The van der Waals surface area contributed by atoms with E-state index in [4.69, 9.17) is 23.7 Å². The molecule has 0 aliphatic rings. The van der Waals surface area contributed by atoms with E-state index in [-0.39, 0.29) is 24.4 Å². The van der Waals surface area contributed by atoms with Gasteiger partial charge < -0.3 is 23.7 Å². The first kappa shape index (κ1) is 26.1. The van der Waals surface area contributed by atoms with Gasteiger partial charge in [-0.2, -0.15) is 0 Å². The second-order valence-corrected chi connectivity index (χ2v) is 7.00. The Balaban J connectivity index is 3.68. The molecule has 27 heavy (non-hydrogen) atoms. The van der Waals surface area contributed by atoms with Crippen LogP contribution in [0.4, 0.5) is 0 Å². The molecule has 0 aliphatic heterocycles. The molecule has 5 heteroatoms. The molecule has 160 valence electrons. The summed E-state index contributed by atoms with van der Waals surface area (Å²) >= 11 is 0. The molecule has 4 unspecified atom stereocenters. The van der Waals surface area contributed by atoms with Gasteiger partial charge in [0.25, 0.3) is 0 Å². The smallest absolute Gasteiger partial charge is 0.0862 e. The van der Waals surface area contributed by atoms with Crippen LogP contribution >= 0.6 is 0 Å². The highest BCUT2D eigenvalue weighted by Gasteiger charge is 2.06. The number of hydrogen-bond acceptors (Lipinski definition) is 5. The summed E-state index contributed by atoms with van der Waals surface area (Å²) in [5.74, 6) is 0. The molecule has 0 aromatic heterocycles. The van der Waals surface area contributed by atoms with Gasteiger partial charge in [0.05, 0.1) is 50.2 Å². The van der Waals surface area contributed by atoms with Crippen LogP contribution in [0.1, 0.15) is 67.2 Å². The molecule has 0 saturated carbocycles. The van der Waals surface area contributed by atoms with Gasteiger partial charge in [-0.15, -0.1) is 0 Å². The zero-order chi connectivity index (χ0) is 20.3. The molecule has 0 radical (unpaired) electrons. The van der Waals surface area contributed by atoms with E-state index >= 15 is 0 Å². The molecule has 0 N–H and O–H groups in total. The van der Waals surface area contributed by atoms with Gasteiger partial charge in [0.2, 0.25) is 0 Å². The third-order valence-electron chi connectivity index (χ3n) is 3.73. The first-order valence-corrected chi connectivity index (χ1v) is 10.4. The molecule has 0 spiro atoms. The van der Waals surface area contributed by atoms with E-state index in [9.17, 15) is 0 Å². The maximum Gasteiger partial charge on any atom is 0.0862 e. The zero-order valence-electron chi connectivity index (χ0n) is 18.3. The van der Waals surface area contributed by atoms with Crippen LogP contribution in [0.15, 0.2) is 24.7 Å². The van der Waals surface area contributed by atoms with Crippen molar-refractivity contribution in [3.8, 4) is 0 Å². The van der Waals surface area contributed by atoms with Crippen LogP contribution in [0.5, 0.6) is 0 Å². The molecule has 0 aliphatic carbocycles. The molecule has 0 aromatic carbocycles. The van der Waals surface area contributed by atoms with Crippen molar-refractivity contribution in [3.63, 3.8) is 0 Å². The fourth-order valence-corrected chi connectivity index (χ4v) is 2.12. The van der Waals surface area contributed by atoms with Crippen molar-refractivity contribution in [1.29, 1.82) is 0 Å². The lowest BCUT2D eigenvalue weighted by atomic mass is 10.3. The summed E-state index contributed by atoms with van der Waals surface area (Å²) in [6.45, 7) is 15.2. The highest BCUT2D eigenvalue weighted by Crippen LogP contribution is 2.04. The fourth-order valence-electron chi connectivity index (χ4n) is 2.12. The van der Waals surface area contributed by atoms with Gasteiger partial charge in [-0.05, 0) is 65.5 Å². The minimum Gasteiger partial charge on any atom is -0.473 e. The molecule has 0 amide bonds. The molecular formula is C22H42O5. The Bertz CT molecular complexity index is 336. The van der Waals surface area contributed by atoms with Crippen molar-refractivity contribution in [3.05, 3.63) is 24.7 Å². The van der Waals surface area contributed by atoms with Gasteiger partial charge in [0.15, 0.2) is 0 Å². The normalized spacial score (nSPS) is 16.7. The first-order chi connectivity index (χ1) is 13.0. The third-order valence-corrected chi connectivity index (χ3v) is 3.73. The summed E-state index contributed by atoms with van der Waals surface area (Å²) in [7, 11) is 0. The monoisotopic (exact) mass is 386 g/mol. The molecule has 0 fully saturated rings. The van der Waals surface area contributed by atoms with E-state index in [2.05, 4.69) is 27.7 Å². The Morgan fingerprint density at radius 3 is 1.37 bits per heavy atom. The molecule has 5 nitrogen and oxygen atoms in total. The first-order valence-electron chi connectivity index (χ1n) is 10.4. The van der Waals surface area contributed by atoms with Gasteiger partial charge in [0.1, 0.15) is 0 Å². The Kier molecular flexibility index (Phi) is 17.9. The van der Waals surface area contributed by atoms with E-state index in [1.807, 2.05) is 26.0 Å². The lowest BCUT2D eigenvalue weighted by molar-refractivity contribution is -0.0303. The van der Waals surface area contributed by atoms with Crippen LogP contribution in [0, 0.1) is 0 Å². The van der Waals surface area contributed by atoms with Crippen LogP contribution in [0.25, 0.3) is 0 Å². The molecule has 0 saturated heterocycles. The predicted octanol–water partition coefficient (Wildman–Crippen LogP) is 5.25. The van der Waals surface area contributed by atoms with Crippen LogP contribution in [-0.4, -0.2) is 50.8 Å². The maximum absolute atomic E-state index is 5.75. The summed E-state index contributed by atoms with van der Waals surface area (Å²) in [4.78, 5) is 0. The Morgan fingerprint density at radius 1 is 0.593 bits per heavy atom. The molecule has 0 bridgehead atoms. The Morgan fingerprint density at radius 2 is 1.00 bits per heavy atom. The number of hydrogen-bond donors (Lipinski definition) is 0. The minimum absolute atomic E-state index is 0.140. The van der Waals surface area contributed by atoms with E-state index in [1.54, 1.807) is 12.5 Å². The molecule has 0 rings (SSSR count). The second-order valence-electron chi connectivity index (χ2n) is 7.00. The minimum atomic E-state index is 0.140. The number of ether oxygens (including phenoxy) is 5. The summed E-state index contributed by atoms with van der Waals surface area (Å²) < 4.78 is 28.0. The van der Waals surface area contributed by atoms with Gasteiger partial charge in [-0.3, -0.25) is 0 Å². The highest BCUT2D eigenvalue weighted by atomic mass is 16.5. The van der Waals surface area contributed by atoms with E-state index < -0.39 is 0 Å². The van der Waals surface area contributed by atoms with Crippen molar-refractivity contribution >= 4 is 0 Å². The molecule has 0 aromatic rings. The standard InChI is InChI=1S/C22H42O5/c1-7-13-24-21(5)17-26-19(3)11-9-15-23-16-10-12-20(4)27-18-22(6)25-14-8-2/h9-10,15-16,19-22H,7-8,11-14,17-18H2,1-6H3. The Hall–Kier alpha value is -0.880. The summed E-state index contributed by atoms with van der Waals surface area (Å²) in [5, 5.41) is 0. The lowest BCUT2D eigenvalue weighted by Gasteiger charge is -2.16. The predicted molar refractivity (Wildman–Crippen MR) is 111 cm³/mol. The van der Waals surface area contributed by atoms with Crippen molar-refractivity contribution in [1.82, 2.24) is 0 Å². The number of rotatable bonds is 18. The van der Waals surface area contributed by atoms with Gasteiger partial charge in [-0.1, -0.05) is 13.8 Å². The largest absolute Gasteiger partial charge is 0.473 e. The molecule has 0 heterocycles. The van der Waals surface area contributed by atoms with Crippen molar-refractivity contribution in [2.24, 2.45) is 0 Å². The van der Waals surface area contributed by atoms with E-state index in [0.717, 1.165) is 38.9 Å². The van der Waals surface area contributed by atoms with E-state index in [0.29, 0.717) is 13.2 Å². The summed E-state index contributed by atoms with van der Waals surface area (Å²) in [6, 6.07) is 0. The maximum atomic E-state index is 5.75. The zero-order valence-corrected chi connectivity index (χ0v) is 18.3. The fraction of sp³-hybridized carbons (Fsp3) is 0.818.